The molecule has 5 heteroatoms. The van der Waals surface area contributed by atoms with Gasteiger partial charge in [0.25, 0.3) is 0 Å². The SMILES string of the molecule is CC(C)(C)OC(=O)CC(N)C(=O)NCc1ccccc1. The Bertz CT molecular complexity index is 452. The Hall–Kier alpha value is -1.88. The van der Waals surface area contributed by atoms with E-state index in [1.807, 2.05) is 30.3 Å². The number of esters is 1. The average Bonchev–Trinajstić information content (AvgIpc) is 2.34. The summed E-state index contributed by atoms with van der Waals surface area (Å²) >= 11 is 0. The third kappa shape index (κ3) is 6.33. The van der Waals surface area contributed by atoms with E-state index < -0.39 is 17.6 Å². The van der Waals surface area contributed by atoms with Gasteiger partial charge in [0.05, 0.1) is 12.5 Å². The van der Waals surface area contributed by atoms with Crippen molar-refractivity contribution in [3.05, 3.63) is 35.9 Å². The number of amides is 1. The van der Waals surface area contributed by atoms with E-state index in [4.69, 9.17) is 10.5 Å². The molecule has 1 atom stereocenters. The molecule has 1 aromatic carbocycles. The molecule has 1 unspecified atom stereocenters. The van der Waals surface area contributed by atoms with Gasteiger partial charge in [-0.1, -0.05) is 30.3 Å². The van der Waals surface area contributed by atoms with E-state index in [0.717, 1.165) is 5.56 Å². The number of nitrogens with two attached hydrogens (primary N) is 1. The molecule has 20 heavy (non-hydrogen) atoms. The number of carbonyl (C=O) groups is 2. The minimum atomic E-state index is -0.895. The molecule has 0 spiro atoms. The maximum absolute atomic E-state index is 11.8. The van der Waals surface area contributed by atoms with Crippen LogP contribution < -0.4 is 11.1 Å². The van der Waals surface area contributed by atoms with Crippen LogP contribution in [0.25, 0.3) is 0 Å². The van der Waals surface area contributed by atoms with Gasteiger partial charge in [-0.15, -0.1) is 0 Å². The quantitative estimate of drug-likeness (QED) is 0.797. The van der Waals surface area contributed by atoms with Crippen LogP contribution in [0.15, 0.2) is 30.3 Å². The van der Waals surface area contributed by atoms with Gasteiger partial charge in [-0.3, -0.25) is 9.59 Å². The summed E-state index contributed by atoms with van der Waals surface area (Å²) in [6, 6.07) is 8.59. The molecule has 0 radical (unpaired) electrons. The summed E-state index contributed by atoms with van der Waals surface area (Å²) in [5, 5.41) is 2.70. The van der Waals surface area contributed by atoms with E-state index in [1.54, 1.807) is 20.8 Å². The first-order valence-electron chi connectivity index (χ1n) is 6.57. The zero-order chi connectivity index (χ0) is 15.2. The van der Waals surface area contributed by atoms with Gasteiger partial charge in [0.15, 0.2) is 0 Å². The number of carbonyl (C=O) groups excluding carboxylic acids is 2. The Morgan fingerprint density at radius 3 is 2.40 bits per heavy atom. The van der Waals surface area contributed by atoms with Crippen molar-refractivity contribution >= 4 is 11.9 Å². The van der Waals surface area contributed by atoms with Crippen LogP contribution in [0.3, 0.4) is 0 Å². The Morgan fingerprint density at radius 2 is 1.85 bits per heavy atom. The van der Waals surface area contributed by atoms with Crippen LogP contribution in [0.2, 0.25) is 0 Å². The van der Waals surface area contributed by atoms with Crippen LogP contribution in [0, 0.1) is 0 Å². The molecule has 0 heterocycles. The monoisotopic (exact) mass is 278 g/mol. The van der Waals surface area contributed by atoms with Crippen molar-refractivity contribution in [2.45, 2.75) is 45.4 Å². The molecular weight excluding hydrogens is 256 g/mol. The summed E-state index contributed by atoms with van der Waals surface area (Å²) in [7, 11) is 0. The summed E-state index contributed by atoms with van der Waals surface area (Å²) in [5.74, 6) is -0.834. The van der Waals surface area contributed by atoms with Crippen molar-refractivity contribution in [2.75, 3.05) is 0 Å². The van der Waals surface area contributed by atoms with E-state index >= 15 is 0 Å². The molecule has 0 fully saturated rings. The van der Waals surface area contributed by atoms with E-state index in [-0.39, 0.29) is 12.3 Å². The van der Waals surface area contributed by atoms with E-state index in [2.05, 4.69) is 5.32 Å². The van der Waals surface area contributed by atoms with E-state index in [1.165, 1.54) is 0 Å². The summed E-state index contributed by atoms with van der Waals surface area (Å²) in [6.07, 6.45) is -0.127. The van der Waals surface area contributed by atoms with Crippen LogP contribution in [0.4, 0.5) is 0 Å². The van der Waals surface area contributed by atoms with Crippen LogP contribution in [-0.4, -0.2) is 23.5 Å². The third-order valence-electron chi connectivity index (χ3n) is 2.45. The fourth-order valence-corrected chi connectivity index (χ4v) is 1.57. The van der Waals surface area contributed by atoms with Crippen molar-refractivity contribution in [1.29, 1.82) is 0 Å². The summed E-state index contributed by atoms with van der Waals surface area (Å²) in [6.45, 7) is 5.70. The van der Waals surface area contributed by atoms with Crippen molar-refractivity contribution in [2.24, 2.45) is 5.73 Å². The summed E-state index contributed by atoms with van der Waals surface area (Å²) in [5.41, 5.74) is 6.09. The molecule has 0 bridgehead atoms. The predicted molar refractivity (Wildman–Crippen MR) is 76.7 cm³/mol. The predicted octanol–water partition coefficient (Wildman–Crippen LogP) is 1.36. The highest BCUT2D eigenvalue weighted by Crippen LogP contribution is 2.09. The number of ether oxygens (including phenoxy) is 1. The maximum atomic E-state index is 11.8. The van der Waals surface area contributed by atoms with Gasteiger partial charge < -0.3 is 15.8 Å². The Morgan fingerprint density at radius 1 is 1.25 bits per heavy atom. The normalized spacial score (nSPS) is 12.6. The van der Waals surface area contributed by atoms with Crippen molar-refractivity contribution in [1.82, 2.24) is 5.32 Å². The zero-order valence-electron chi connectivity index (χ0n) is 12.2. The average molecular weight is 278 g/mol. The summed E-state index contributed by atoms with van der Waals surface area (Å²) in [4.78, 5) is 23.3. The molecule has 5 nitrogen and oxygen atoms in total. The number of hydrogen-bond acceptors (Lipinski definition) is 4. The molecular formula is C15H22N2O3. The standard InChI is InChI=1S/C15H22N2O3/c1-15(2,3)20-13(18)9-12(16)14(19)17-10-11-7-5-4-6-8-11/h4-8,12H,9-10,16H2,1-3H3,(H,17,19). The van der Waals surface area contributed by atoms with Crippen LogP contribution in [0.1, 0.15) is 32.8 Å². The van der Waals surface area contributed by atoms with Crippen LogP contribution in [0.5, 0.6) is 0 Å². The van der Waals surface area contributed by atoms with E-state index in [9.17, 15) is 9.59 Å². The number of hydrogen-bond donors (Lipinski definition) is 2. The largest absolute Gasteiger partial charge is 0.460 e. The first-order valence-corrected chi connectivity index (χ1v) is 6.57. The highest BCUT2D eigenvalue weighted by atomic mass is 16.6. The summed E-state index contributed by atoms with van der Waals surface area (Å²) < 4.78 is 5.12. The first kappa shape index (κ1) is 16.2. The van der Waals surface area contributed by atoms with Gasteiger partial charge in [0, 0.05) is 6.54 Å². The van der Waals surface area contributed by atoms with Gasteiger partial charge >= 0.3 is 5.97 Å². The van der Waals surface area contributed by atoms with E-state index in [0.29, 0.717) is 6.54 Å². The van der Waals surface area contributed by atoms with Crippen molar-refractivity contribution in [3.63, 3.8) is 0 Å². The molecule has 0 aliphatic heterocycles. The molecule has 1 aromatic rings. The van der Waals surface area contributed by atoms with Crippen molar-refractivity contribution in [3.8, 4) is 0 Å². The third-order valence-corrected chi connectivity index (χ3v) is 2.45. The highest BCUT2D eigenvalue weighted by molar-refractivity contribution is 5.86. The first-order chi connectivity index (χ1) is 9.28. The zero-order valence-corrected chi connectivity index (χ0v) is 12.2. The minimum absolute atomic E-state index is 0.127. The topological polar surface area (TPSA) is 81.4 Å². The second-order valence-corrected chi connectivity index (χ2v) is 5.60. The lowest BCUT2D eigenvalue weighted by Gasteiger charge is -2.20. The van der Waals surface area contributed by atoms with Gasteiger partial charge in [-0.05, 0) is 26.3 Å². The Balaban J connectivity index is 2.38. The lowest BCUT2D eigenvalue weighted by Crippen LogP contribution is -2.42. The second-order valence-electron chi connectivity index (χ2n) is 5.60. The molecule has 0 aromatic heterocycles. The molecule has 110 valence electrons. The molecule has 0 saturated carbocycles. The Labute approximate surface area is 119 Å². The van der Waals surface area contributed by atoms with Gasteiger partial charge in [0.2, 0.25) is 5.91 Å². The van der Waals surface area contributed by atoms with Crippen LogP contribution in [-0.2, 0) is 20.9 Å². The number of nitrogens with one attached hydrogen (secondary N) is 1. The lowest BCUT2D eigenvalue weighted by atomic mass is 10.1. The fraction of sp³-hybridized carbons (Fsp3) is 0.467. The Kier molecular flexibility index (Phi) is 5.70. The fourth-order valence-electron chi connectivity index (χ4n) is 1.57. The van der Waals surface area contributed by atoms with Gasteiger partial charge in [-0.25, -0.2) is 0 Å². The molecule has 0 aliphatic rings. The lowest BCUT2D eigenvalue weighted by molar-refractivity contribution is -0.156. The van der Waals surface area contributed by atoms with Crippen molar-refractivity contribution < 1.29 is 14.3 Å². The van der Waals surface area contributed by atoms with Gasteiger partial charge in [-0.2, -0.15) is 0 Å². The van der Waals surface area contributed by atoms with Crippen LogP contribution >= 0.6 is 0 Å². The number of benzene rings is 1. The molecule has 3 N–H and O–H groups in total. The highest BCUT2D eigenvalue weighted by Gasteiger charge is 2.22. The molecule has 1 rings (SSSR count). The molecule has 0 saturated heterocycles. The number of rotatable bonds is 5. The smallest absolute Gasteiger partial charge is 0.308 e. The maximum Gasteiger partial charge on any atom is 0.308 e. The molecule has 0 aliphatic carbocycles. The minimum Gasteiger partial charge on any atom is -0.460 e. The molecule has 1 amide bonds. The van der Waals surface area contributed by atoms with Gasteiger partial charge in [0.1, 0.15) is 5.60 Å². The second kappa shape index (κ2) is 7.05.